The van der Waals surface area contributed by atoms with Crippen LogP contribution < -0.4 is 15.4 Å². The number of para-hydroxylation sites is 1. The van der Waals surface area contributed by atoms with Gasteiger partial charge >= 0.3 is 0 Å². The molecule has 1 saturated heterocycles. The van der Waals surface area contributed by atoms with Crippen LogP contribution in [0, 0.1) is 18.8 Å². The molecule has 1 aliphatic heterocycles. The monoisotopic (exact) mass is 330 g/mol. The number of aromatic nitrogens is 2. The number of hydrogen-bond acceptors (Lipinski definition) is 6. The van der Waals surface area contributed by atoms with Crippen LogP contribution in [0.1, 0.15) is 30.2 Å². The summed E-state index contributed by atoms with van der Waals surface area (Å²) in [7, 11) is 1.60. The van der Waals surface area contributed by atoms with Gasteiger partial charge in [-0.1, -0.05) is 30.3 Å². The topological polar surface area (TPSA) is 89.3 Å². The molecule has 1 aromatic heterocycles. The van der Waals surface area contributed by atoms with Crippen LogP contribution in [0.5, 0.6) is 5.75 Å². The summed E-state index contributed by atoms with van der Waals surface area (Å²) in [6, 6.07) is 7.00. The highest BCUT2D eigenvalue weighted by atomic mass is 16.5. The van der Waals surface area contributed by atoms with Crippen molar-refractivity contribution < 1.29 is 14.1 Å². The first-order valence-electron chi connectivity index (χ1n) is 8.04. The maximum Gasteiger partial charge on any atom is 0.224 e. The van der Waals surface area contributed by atoms with Gasteiger partial charge in [-0.2, -0.15) is 4.98 Å². The third-order valence-electron chi connectivity index (χ3n) is 4.47. The molecule has 3 rings (SSSR count). The van der Waals surface area contributed by atoms with E-state index in [2.05, 4.69) is 20.8 Å². The zero-order valence-electron chi connectivity index (χ0n) is 14.1. The van der Waals surface area contributed by atoms with E-state index in [1.54, 1.807) is 14.0 Å². The van der Waals surface area contributed by atoms with Crippen LogP contribution >= 0.6 is 0 Å². The van der Waals surface area contributed by atoms with Gasteiger partial charge in [0.05, 0.1) is 7.11 Å². The summed E-state index contributed by atoms with van der Waals surface area (Å²) in [6.07, 6.45) is 0. The van der Waals surface area contributed by atoms with E-state index in [-0.39, 0.29) is 11.8 Å². The van der Waals surface area contributed by atoms with Gasteiger partial charge in [0, 0.05) is 18.4 Å². The molecular weight excluding hydrogens is 308 g/mol. The number of carbonyl (C=O) groups is 1. The SMILES string of the molecule is COc1ccccc1C(NC(=O)C(C)C1CNC1)c1noc(C)n1. The molecule has 2 unspecified atom stereocenters. The first-order valence-corrected chi connectivity index (χ1v) is 8.04. The van der Waals surface area contributed by atoms with Crippen LogP contribution in [0.3, 0.4) is 0 Å². The maximum atomic E-state index is 12.7. The normalized spacial score (nSPS) is 17.0. The Morgan fingerprint density at radius 3 is 2.75 bits per heavy atom. The predicted octanol–water partition coefficient (Wildman–Crippen LogP) is 1.45. The number of nitrogens with zero attached hydrogens (tertiary/aromatic N) is 2. The lowest BCUT2D eigenvalue weighted by molar-refractivity contribution is -0.127. The summed E-state index contributed by atoms with van der Waals surface area (Å²) < 4.78 is 10.5. The second-order valence-electron chi connectivity index (χ2n) is 6.06. The van der Waals surface area contributed by atoms with Crippen LogP contribution in [0.15, 0.2) is 28.8 Å². The van der Waals surface area contributed by atoms with E-state index in [1.165, 1.54) is 0 Å². The average molecular weight is 330 g/mol. The Bertz CT molecular complexity index is 711. The van der Waals surface area contributed by atoms with Crippen LogP contribution in [0.25, 0.3) is 0 Å². The molecule has 7 heteroatoms. The van der Waals surface area contributed by atoms with Crippen molar-refractivity contribution in [3.8, 4) is 5.75 Å². The van der Waals surface area contributed by atoms with E-state index in [4.69, 9.17) is 9.26 Å². The highest BCUT2D eigenvalue weighted by molar-refractivity contribution is 5.79. The lowest BCUT2D eigenvalue weighted by Crippen LogP contribution is -2.50. The van der Waals surface area contributed by atoms with Crippen molar-refractivity contribution in [1.29, 1.82) is 0 Å². The first kappa shape index (κ1) is 16.4. The molecule has 2 atom stereocenters. The first-order chi connectivity index (χ1) is 11.6. The van der Waals surface area contributed by atoms with Gasteiger partial charge in [0.1, 0.15) is 11.8 Å². The molecule has 128 valence electrons. The molecule has 0 saturated carbocycles. The number of nitrogens with one attached hydrogen (secondary N) is 2. The molecule has 7 nitrogen and oxygen atoms in total. The van der Waals surface area contributed by atoms with Crippen LogP contribution in [-0.4, -0.2) is 36.2 Å². The molecule has 1 aromatic carbocycles. The zero-order valence-corrected chi connectivity index (χ0v) is 14.1. The summed E-state index contributed by atoms with van der Waals surface area (Å²) in [5.41, 5.74) is 0.799. The molecule has 2 heterocycles. The van der Waals surface area contributed by atoms with Crippen molar-refractivity contribution in [1.82, 2.24) is 20.8 Å². The number of carbonyl (C=O) groups excluding carboxylic acids is 1. The van der Waals surface area contributed by atoms with E-state index in [0.717, 1.165) is 18.7 Å². The largest absolute Gasteiger partial charge is 0.496 e. The third-order valence-corrected chi connectivity index (χ3v) is 4.47. The highest BCUT2D eigenvalue weighted by Crippen LogP contribution is 2.29. The van der Waals surface area contributed by atoms with E-state index < -0.39 is 6.04 Å². The molecule has 1 aliphatic rings. The highest BCUT2D eigenvalue weighted by Gasteiger charge is 2.32. The fourth-order valence-corrected chi connectivity index (χ4v) is 2.77. The quantitative estimate of drug-likeness (QED) is 0.833. The Morgan fingerprint density at radius 1 is 1.42 bits per heavy atom. The van der Waals surface area contributed by atoms with Crippen LogP contribution in [0.2, 0.25) is 0 Å². The fourth-order valence-electron chi connectivity index (χ4n) is 2.77. The van der Waals surface area contributed by atoms with E-state index in [9.17, 15) is 4.79 Å². The fraction of sp³-hybridized carbons (Fsp3) is 0.471. The van der Waals surface area contributed by atoms with Gasteiger partial charge < -0.3 is 19.9 Å². The molecule has 1 fully saturated rings. The van der Waals surface area contributed by atoms with Crippen LogP contribution in [-0.2, 0) is 4.79 Å². The molecule has 1 amide bonds. The number of aryl methyl sites for hydroxylation is 1. The summed E-state index contributed by atoms with van der Waals surface area (Å²) in [4.78, 5) is 17.0. The summed E-state index contributed by atoms with van der Waals surface area (Å²) >= 11 is 0. The number of hydrogen-bond donors (Lipinski definition) is 2. The van der Waals surface area contributed by atoms with E-state index in [0.29, 0.717) is 23.4 Å². The Hall–Kier alpha value is -2.41. The maximum absolute atomic E-state index is 12.7. The predicted molar refractivity (Wildman–Crippen MR) is 87.5 cm³/mol. The molecule has 0 aliphatic carbocycles. The van der Waals surface area contributed by atoms with Gasteiger partial charge in [-0.15, -0.1) is 0 Å². The van der Waals surface area contributed by atoms with Crippen molar-refractivity contribution >= 4 is 5.91 Å². The minimum atomic E-state index is -0.512. The van der Waals surface area contributed by atoms with Gasteiger partial charge in [0.2, 0.25) is 11.8 Å². The molecule has 0 radical (unpaired) electrons. The third kappa shape index (κ3) is 3.26. The van der Waals surface area contributed by atoms with Crippen molar-refractivity contribution in [3.63, 3.8) is 0 Å². The Kier molecular flexibility index (Phi) is 4.80. The molecular formula is C17H22N4O3. The number of amides is 1. The zero-order chi connectivity index (χ0) is 17.1. The molecule has 2 aromatic rings. The lowest BCUT2D eigenvalue weighted by atomic mass is 9.88. The summed E-state index contributed by atoms with van der Waals surface area (Å²) in [5.74, 6) is 1.79. The number of methoxy groups -OCH3 is 1. The number of benzene rings is 1. The van der Waals surface area contributed by atoms with Crippen molar-refractivity contribution in [3.05, 3.63) is 41.5 Å². The lowest BCUT2D eigenvalue weighted by Gasteiger charge is -2.32. The minimum absolute atomic E-state index is 0.0279. The minimum Gasteiger partial charge on any atom is -0.496 e. The Balaban J connectivity index is 1.89. The second kappa shape index (κ2) is 7.00. The molecule has 24 heavy (non-hydrogen) atoms. The number of ether oxygens (including phenoxy) is 1. The Labute approximate surface area is 140 Å². The van der Waals surface area contributed by atoms with Crippen molar-refractivity contribution in [2.24, 2.45) is 11.8 Å². The summed E-state index contributed by atoms with van der Waals surface area (Å²) in [5, 5.41) is 10.2. The van der Waals surface area contributed by atoms with Gasteiger partial charge in [0.25, 0.3) is 0 Å². The van der Waals surface area contributed by atoms with E-state index in [1.807, 2.05) is 31.2 Å². The summed E-state index contributed by atoms with van der Waals surface area (Å²) in [6.45, 7) is 5.41. The van der Waals surface area contributed by atoms with Crippen molar-refractivity contribution in [2.75, 3.05) is 20.2 Å². The molecule has 0 spiro atoms. The second-order valence-corrected chi connectivity index (χ2v) is 6.06. The van der Waals surface area contributed by atoms with Gasteiger partial charge in [0.15, 0.2) is 5.82 Å². The smallest absolute Gasteiger partial charge is 0.224 e. The molecule has 0 bridgehead atoms. The standard InChI is InChI=1S/C17H22N4O3/c1-10(12-8-18-9-12)17(22)20-15(16-19-11(2)24-21-16)13-6-4-5-7-14(13)23-3/h4-7,10,12,15,18H,8-9H2,1-3H3,(H,20,22). The van der Waals surface area contributed by atoms with Gasteiger partial charge in [-0.25, -0.2) is 0 Å². The average Bonchev–Trinajstić information content (AvgIpc) is 2.97. The number of rotatable bonds is 6. The van der Waals surface area contributed by atoms with E-state index >= 15 is 0 Å². The van der Waals surface area contributed by atoms with Gasteiger partial charge in [-0.05, 0) is 25.1 Å². The molecule has 2 N–H and O–H groups in total. The van der Waals surface area contributed by atoms with Crippen molar-refractivity contribution in [2.45, 2.75) is 19.9 Å². The Morgan fingerprint density at radius 2 is 2.17 bits per heavy atom. The van der Waals surface area contributed by atoms with Gasteiger partial charge in [-0.3, -0.25) is 4.79 Å². The van der Waals surface area contributed by atoms with Crippen LogP contribution in [0.4, 0.5) is 0 Å².